The molecule has 77 heavy (non-hydrogen) atoms. The summed E-state index contributed by atoms with van der Waals surface area (Å²) in [7, 11) is 0. The summed E-state index contributed by atoms with van der Waals surface area (Å²) in [4.78, 5) is 113. The minimum Gasteiger partial charge on any atom is -0.491 e. The average molecular weight is 1100 g/mol. The summed E-state index contributed by atoms with van der Waals surface area (Å²) in [6, 6.07) is 5.89. The Hall–Kier alpha value is -5.67. The van der Waals surface area contributed by atoms with E-state index in [9.17, 15) is 63.6 Å². The largest absolute Gasteiger partial charge is 0.491 e. The highest BCUT2D eigenvalue weighted by atomic mass is 16.5. The van der Waals surface area contributed by atoms with E-state index in [2.05, 4.69) is 10.6 Å². The van der Waals surface area contributed by atoms with Gasteiger partial charge in [0.05, 0.1) is 65.7 Å². The van der Waals surface area contributed by atoms with E-state index in [4.69, 9.17) is 28.8 Å². The molecule has 7 N–H and O–H groups in total. The lowest BCUT2D eigenvalue weighted by Gasteiger charge is -2.35. The lowest BCUT2D eigenvalue weighted by molar-refractivity contribution is -0.144. The van der Waals surface area contributed by atoms with Crippen molar-refractivity contribution in [1.82, 2.24) is 30.2 Å². The van der Waals surface area contributed by atoms with Crippen LogP contribution < -0.4 is 15.4 Å². The Balaban J connectivity index is 1.57. The second-order valence-electron chi connectivity index (χ2n) is 18.7. The van der Waals surface area contributed by atoms with Gasteiger partial charge in [0.2, 0.25) is 11.8 Å². The highest BCUT2D eigenvalue weighted by Crippen LogP contribution is 2.17. The van der Waals surface area contributed by atoms with Crippen LogP contribution in [-0.2, 0) is 68.5 Å². The molecule has 1 aromatic carbocycles. The number of ether oxygens (including phenoxy) is 5. The molecule has 1 heterocycles. The molecular formula is C52H84N6O19. The van der Waals surface area contributed by atoms with E-state index in [-0.39, 0.29) is 180 Å². The fourth-order valence-corrected chi connectivity index (χ4v) is 8.03. The van der Waals surface area contributed by atoms with Gasteiger partial charge >= 0.3 is 29.8 Å². The lowest BCUT2D eigenvalue weighted by atomic mass is 9.96. The van der Waals surface area contributed by atoms with Gasteiger partial charge in [0.25, 0.3) is 0 Å². The topological polar surface area (TPSA) is 338 Å². The molecule has 0 aliphatic carbocycles. The highest BCUT2D eigenvalue weighted by molar-refractivity contribution is 5.80. The summed E-state index contributed by atoms with van der Waals surface area (Å²) in [6.45, 7) is 5.48. The molecule has 1 fully saturated rings. The fraction of sp³-hybridized carbons (Fsp3) is 0.712. The second kappa shape index (κ2) is 41.4. The standard InChI is InChI=1S/C52H84N6O19/c1-40(45(60)8-5-28-73-30-14-47(62)54-18-33-75-29-13-42(59)7-4-27-74-32-16-48(63)64)6-2-3-17-53-46(61)15-31-76-34-35-77-43-11-9-41(10-12-43)36-44(52(71)72)58-25-23-56(38-50(67)68)21-19-55(37-49(65)66)20-22-57(24-26-58)39-51(69)70/h9-12,40,44H,2-8,13-39H2,1H3,(H,53,61)(H,54,62)(H,63,64)(H,65,66)(H,67,68)(H,69,70)(H,71,72). The number of rotatable bonds is 43. The van der Waals surface area contributed by atoms with Crippen LogP contribution in [0.5, 0.6) is 5.75 Å². The van der Waals surface area contributed by atoms with Crippen LogP contribution in [0.25, 0.3) is 0 Å². The molecule has 1 saturated heterocycles. The monoisotopic (exact) mass is 1100 g/mol. The van der Waals surface area contributed by atoms with Gasteiger partial charge in [-0.1, -0.05) is 25.5 Å². The number of benzene rings is 1. The van der Waals surface area contributed by atoms with Crippen LogP contribution in [0.15, 0.2) is 24.3 Å². The van der Waals surface area contributed by atoms with Gasteiger partial charge in [0.1, 0.15) is 30.0 Å². The van der Waals surface area contributed by atoms with Crippen LogP contribution in [0.2, 0.25) is 0 Å². The lowest BCUT2D eigenvalue weighted by Crippen LogP contribution is -2.52. The Kier molecular flexibility index (Phi) is 36.3. The van der Waals surface area contributed by atoms with Gasteiger partial charge < -0.3 is 59.9 Å². The summed E-state index contributed by atoms with van der Waals surface area (Å²) in [5.41, 5.74) is 0.700. The minimum absolute atomic E-state index is 0.0254. The molecule has 2 amide bonds. The van der Waals surface area contributed by atoms with Gasteiger partial charge in [-0.05, 0) is 49.8 Å². The van der Waals surface area contributed by atoms with Crippen LogP contribution in [-0.4, -0.2) is 249 Å². The number of carbonyl (C=O) groups is 9. The molecule has 2 rings (SSSR count). The first-order valence-electron chi connectivity index (χ1n) is 26.5. The first-order chi connectivity index (χ1) is 36.9. The number of nitrogens with zero attached hydrogens (tertiary/aromatic N) is 4. The van der Waals surface area contributed by atoms with Crippen molar-refractivity contribution >= 4 is 53.2 Å². The third-order valence-corrected chi connectivity index (χ3v) is 12.4. The maximum atomic E-state index is 12.7. The summed E-state index contributed by atoms with van der Waals surface area (Å²) >= 11 is 0. The Bertz CT molecular complexity index is 1900. The number of carbonyl (C=O) groups excluding carboxylic acids is 4. The molecule has 0 radical (unpaired) electrons. The van der Waals surface area contributed by atoms with Crippen LogP contribution in [0.3, 0.4) is 0 Å². The quantitative estimate of drug-likeness (QED) is 0.0448. The van der Waals surface area contributed by atoms with Crippen molar-refractivity contribution < 1.29 is 92.4 Å². The predicted octanol–water partition coefficient (Wildman–Crippen LogP) is 0.985. The predicted molar refractivity (Wildman–Crippen MR) is 278 cm³/mol. The Morgan fingerprint density at radius 1 is 0.494 bits per heavy atom. The Morgan fingerprint density at radius 3 is 1.51 bits per heavy atom. The summed E-state index contributed by atoms with van der Waals surface area (Å²) in [6.07, 6.45) is 4.58. The molecule has 25 heteroatoms. The first-order valence-corrected chi connectivity index (χ1v) is 26.5. The van der Waals surface area contributed by atoms with Gasteiger partial charge in [-0.3, -0.25) is 62.8 Å². The Labute approximate surface area is 450 Å². The Morgan fingerprint density at radius 2 is 0.974 bits per heavy atom. The van der Waals surface area contributed by atoms with Crippen molar-refractivity contribution in [3.05, 3.63) is 29.8 Å². The molecule has 1 aromatic rings. The molecular weight excluding hydrogens is 1010 g/mol. The van der Waals surface area contributed by atoms with E-state index in [1.165, 1.54) is 0 Å². The summed E-state index contributed by atoms with van der Waals surface area (Å²) < 4.78 is 27.4. The summed E-state index contributed by atoms with van der Waals surface area (Å²) in [5.74, 6) is -5.02. The van der Waals surface area contributed by atoms with Crippen molar-refractivity contribution in [3.8, 4) is 5.75 Å². The maximum absolute atomic E-state index is 12.7. The fourth-order valence-electron chi connectivity index (χ4n) is 8.03. The van der Waals surface area contributed by atoms with Gasteiger partial charge in [-0.15, -0.1) is 0 Å². The van der Waals surface area contributed by atoms with E-state index >= 15 is 0 Å². The van der Waals surface area contributed by atoms with Crippen molar-refractivity contribution in [2.45, 2.75) is 90.0 Å². The molecule has 436 valence electrons. The highest BCUT2D eigenvalue weighted by Gasteiger charge is 2.28. The van der Waals surface area contributed by atoms with Gasteiger partial charge in [-0.25, -0.2) is 0 Å². The number of ketones is 2. The third kappa shape index (κ3) is 35.4. The van der Waals surface area contributed by atoms with Crippen molar-refractivity contribution in [1.29, 1.82) is 0 Å². The van der Waals surface area contributed by atoms with Crippen LogP contribution in [0, 0.1) is 5.92 Å². The number of hydrogen-bond acceptors (Lipinski definition) is 18. The van der Waals surface area contributed by atoms with Crippen molar-refractivity contribution in [2.24, 2.45) is 5.92 Å². The average Bonchev–Trinajstić information content (AvgIpc) is 3.37. The van der Waals surface area contributed by atoms with E-state index in [0.717, 1.165) is 12.8 Å². The molecule has 1 aliphatic rings. The zero-order valence-electron chi connectivity index (χ0n) is 44.7. The van der Waals surface area contributed by atoms with E-state index in [0.29, 0.717) is 69.7 Å². The van der Waals surface area contributed by atoms with E-state index in [1.54, 1.807) is 43.9 Å². The smallest absolute Gasteiger partial charge is 0.321 e. The number of unbranched alkanes of at least 4 members (excludes halogenated alkanes) is 1. The molecule has 2 atom stereocenters. The number of carboxylic acid groups (broad SMARTS) is 5. The van der Waals surface area contributed by atoms with E-state index < -0.39 is 35.9 Å². The number of hydrogen-bond donors (Lipinski definition) is 7. The SMILES string of the molecule is CC(CCCCNC(=O)CCOCCOc1ccc(CC(C(=O)O)N2CCN(CC(=O)O)CCN(CC(=O)O)CCN(CC(=O)O)CC2)cc1)C(=O)CCCOCCC(=O)NCCOCCC(=O)CCCOCCC(=O)O. The zero-order valence-corrected chi connectivity index (χ0v) is 44.7. The molecule has 25 nitrogen and oxygen atoms in total. The number of carboxylic acids is 5. The van der Waals surface area contributed by atoms with Gasteiger partial charge in [0.15, 0.2) is 0 Å². The first kappa shape index (κ1) is 67.4. The zero-order chi connectivity index (χ0) is 56.6. The number of amides is 2. The third-order valence-electron chi connectivity index (χ3n) is 12.4. The van der Waals surface area contributed by atoms with Crippen molar-refractivity contribution in [3.63, 3.8) is 0 Å². The van der Waals surface area contributed by atoms with Gasteiger partial charge in [-0.2, -0.15) is 0 Å². The molecule has 2 unspecified atom stereocenters. The maximum Gasteiger partial charge on any atom is 0.321 e. The van der Waals surface area contributed by atoms with Crippen molar-refractivity contribution in [2.75, 3.05) is 145 Å². The second-order valence-corrected chi connectivity index (χ2v) is 18.7. The van der Waals surface area contributed by atoms with E-state index in [1.807, 2.05) is 6.92 Å². The molecule has 0 aromatic heterocycles. The summed E-state index contributed by atoms with van der Waals surface area (Å²) in [5, 5.41) is 53.0. The van der Waals surface area contributed by atoms with Crippen LogP contribution in [0.4, 0.5) is 0 Å². The number of nitrogens with one attached hydrogen (secondary N) is 2. The molecule has 0 saturated carbocycles. The minimum atomic E-state index is -1.10. The van der Waals surface area contributed by atoms with Gasteiger partial charge in [0, 0.05) is 117 Å². The van der Waals surface area contributed by atoms with Crippen LogP contribution in [0.1, 0.15) is 83.1 Å². The molecule has 0 spiro atoms. The van der Waals surface area contributed by atoms with Crippen LogP contribution >= 0.6 is 0 Å². The number of Topliss-reactive ketones (excluding diaryl/α,β-unsaturated/α-hetero) is 2. The normalized spacial score (nSPS) is 15.1. The molecule has 1 aliphatic heterocycles. The number of aliphatic carboxylic acids is 5. The molecule has 0 bridgehead atoms.